The van der Waals surface area contributed by atoms with Crippen molar-refractivity contribution in [2.75, 3.05) is 19.6 Å². The SMILES string of the molecule is O=C(C[C@H](c1ccsc1)n1cccc1)NCCN1CCCC1=O. The number of likely N-dealkylation sites (tertiary alicyclic amines) is 1. The Hall–Kier alpha value is -2.08. The van der Waals surface area contributed by atoms with Crippen molar-refractivity contribution in [2.24, 2.45) is 0 Å². The van der Waals surface area contributed by atoms with Crippen LogP contribution in [0, 0.1) is 0 Å². The number of thiophene rings is 1. The zero-order valence-electron chi connectivity index (χ0n) is 13.0. The summed E-state index contributed by atoms with van der Waals surface area (Å²) in [6.45, 7) is 1.94. The molecule has 1 N–H and O–H groups in total. The molecule has 5 nitrogen and oxygen atoms in total. The largest absolute Gasteiger partial charge is 0.354 e. The van der Waals surface area contributed by atoms with Crippen molar-refractivity contribution in [3.05, 3.63) is 46.9 Å². The van der Waals surface area contributed by atoms with Crippen LogP contribution in [0.2, 0.25) is 0 Å². The van der Waals surface area contributed by atoms with Crippen molar-refractivity contribution in [3.63, 3.8) is 0 Å². The van der Waals surface area contributed by atoms with E-state index in [4.69, 9.17) is 0 Å². The zero-order chi connectivity index (χ0) is 16.1. The van der Waals surface area contributed by atoms with E-state index in [1.54, 1.807) is 11.3 Å². The van der Waals surface area contributed by atoms with Gasteiger partial charge in [-0.05, 0) is 40.9 Å². The predicted octanol–water partition coefficient (Wildman–Crippen LogP) is 2.27. The fourth-order valence-electron chi connectivity index (χ4n) is 2.93. The molecular weight excluding hydrogens is 310 g/mol. The van der Waals surface area contributed by atoms with Gasteiger partial charge in [-0.15, -0.1) is 0 Å². The van der Waals surface area contributed by atoms with Crippen LogP contribution in [-0.2, 0) is 9.59 Å². The van der Waals surface area contributed by atoms with Gasteiger partial charge in [0.1, 0.15) is 0 Å². The first-order chi connectivity index (χ1) is 11.2. The maximum atomic E-state index is 12.3. The van der Waals surface area contributed by atoms with Gasteiger partial charge in [0.25, 0.3) is 0 Å². The van der Waals surface area contributed by atoms with Crippen LogP contribution in [0.25, 0.3) is 0 Å². The minimum atomic E-state index is 0.0153. The fourth-order valence-corrected chi connectivity index (χ4v) is 3.64. The molecule has 0 aromatic carbocycles. The highest BCUT2D eigenvalue weighted by atomic mass is 32.1. The molecule has 0 unspecified atom stereocenters. The topological polar surface area (TPSA) is 54.3 Å². The van der Waals surface area contributed by atoms with Crippen LogP contribution in [0.3, 0.4) is 0 Å². The summed E-state index contributed by atoms with van der Waals surface area (Å²) < 4.78 is 2.06. The van der Waals surface area contributed by atoms with Gasteiger partial charge < -0.3 is 14.8 Å². The van der Waals surface area contributed by atoms with Crippen molar-refractivity contribution in [2.45, 2.75) is 25.3 Å². The standard InChI is InChI=1S/C17H21N3O2S/c21-16(18-6-10-20-9-3-4-17(20)22)12-15(14-5-11-23-13-14)19-7-1-2-8-19/h1-2,5,7-8,11,13,15H,3-4,6,9-10,12H2,(H,18,21)/t15-/m1/s1. The summed E-state index contributed by atoms with van der Waals surface area (Å²) >= 11 is 1.64. The normalized spacial score (nSPS) is 15.8. The monoisotopic (exact) mass is 331 g/mol. The molecule has 2 amide bonds. The van der Waals surface area contributed by atoms with E-state index in [2.05, 4.69) is 21.3 Å². The molecule has 6 heteroatoms. The quantitative estimate of drug-likeness (QED) is 0.846. The highest BCUT2D eigenvalue weighted by Gasteiger charge is 2.20. The van der Waals surface area contributed by atoms with Crippen molar-refractivity contribution >= 4 is 23.2 Å². The van der Waals surface area contributed by atoms with Crippen LogP contribution in [0.15, 0.2) is 41.4 Å². The van der Waals surface area contributed by atoms with Crippen molar-refractivity contribution in [1.29, 1.82) is 0 Å². The molecule has 3 rings (SSSR count). The highest BCUT2D eigenvalue weighted by Crippen LogP contribution is 2.24. The average molecular weight is 331 g/mol. The van der Waals surface area contributed by atoms with E-state index < -0.39 is 0 Å². The van der Waals surface area contributed by atoms with Gasteiger partial charge in [0.15, 0.2) is 0 Å². The first-order valence-corrected chi connectivity index (χ1v) is 8.87. The summed E-state index contributed by atoms with van der Waals surface area (Å²) in [5, 5.41) is 7.06. The van der Waals surface area contributed by atoms with E-state index in [1.165, 1.54) is 0 Å². The van der Waals surface area contributed by atoms with Gasteiger partial charge in [0.05, 0.1) is 12.5 Å². The summed E-state index contributed by atoms with van der Waals surface area (Å²) in [5.41, 5.74) is 1.15. The second kappa shape index (κ2) is 7.46. The number of rotatable bonds is 7. The molecule has 0 radical (unpaired) electrons. The van der Waals surface area contributed by atoms with Gasteiger partial charge in [-0.1, -0.05) is 0 Å². The molecule has 1 saturated heterocycles. The molecule has 1 aliphatic heterocycles. The molecule has 0 bridgehead atoms. The Morgan fingerprint density at radius 2 is 2.17 bits per heavy atom. The minimum Gasteiger partial charge on any atom is -0.354 e. The molecule has 1 fully saturated rings. The van der Waals surface area contributed by atoms with E-state index in [0.29, 0.717) is 25.9 Å². The smallest absolute Gasteiger partial charge is 0.222 e. The Morgan fingerprint density at radius 1 is 1.35 bits per heavy atom. The summed E-state index contributed by atoms with van der Waals surface area (Å²) in [6.07, 6.45) is 5.94. The third-order valence-corrected chi connectivity index (χ3v) is 4.87. The van der Waals surface area contributed by atoms with Crippen LogP contribution >= 0.6 is 11.3 Å². The number of carbonyl (C=O) groups excluding carboxylic acids is 2. The van der Waals surface area contributed by atoms with Crippen molar-refractivity contribution in [3.8, 4) is 0 Å². The number of hydrogen-bond donors (Lipinski definition) is 1. The summed E-state index contributed by atoms with van der Waals surface area (Å²) in [5.74, 6) is 0.212. The van der Waals surface area contributed by atoms with Gasteiger partial charge in [-0.2, -0.15) is 11.3 Å². The van der Waals surface area contributed by atoms with E-state index in [1.807, 2.05) is 34.8 Å². The second-order valence-corrected chi connectivity index (χ2v) is 6.52. The lowest BCUT2D eigenvalue weighted by molar-refractivity contribution is -0.128. The Kier molecular flexibility index (Phi) is 5.12. The Balaban J connectivity index is 1.53. The van der Waals surface area contributed by atoms with E-state index in [-0.39, 0.29) is 17.9 Å². The molecule has 1 atom stereocenters. The fraction of sp³-hybridized carbons (Fsp3) is 0.412. The number of amides is 2. The molecule has 0 spiro atoms. The molecule has 0 aliphatic carbocycles. The van der Waals surface area contributed by atoms with Crippen molar-refractivity contribution in [1.82, 2.24) is 14.8 Å². The number of hydrogen-bond acceptors (Lipinski definition) is 3. The van der Waals surface area contributed by atoms with E-state index in [9.17, 15) is 9.59 Å². The van der Waals surface area contributed by atoms with Gasteiger partial charge in [0.2, 0.25) is 11.8 Å². The average Bonchev–Trinajstić information content (AvgIpc) is 3.28. The molecule has 23 heavy (non-hydrogen) atoms. The number of aromatic nitrogens is 1. The van der Waals surface area contributed by atoms with Crippen LogP contribution in [0.1, 0.15) is 30.9 Å². The summed E-state index contributed by atoms with van der Waals surface area (Å²) in [6, 6.07) is 6.02. The first-order valence-electron chi connectivity index (χ1n) is 7.93. The molecule has 2 aromatic rings. The number of nitrogens with zero attached hydrogens (tertiary/aromatic N) is 2. The lowest BCUT2D eigenvalue weighted by atomic mass is 10.1. The third kappa shape index (κ3) is 4.01. The van der Waals surface area contributed by atoms with Crippen LogP contribution in [0.5, 0.6) is 0 Å². The molecule has 0 saturated carbocycles. The lowest BCUT2D eigenvalue weighted by Crippen LogP contribution is -2.36. The van der Waals surface area contributed by atoms with Gasteiger partial charge in [0, 0.05) is 38.4 Å². The summed E-state index contributed by atoms with van der Waals surface area (Å²) in [4.78, 5) is 25.6. The minimum absolute atomic E-state index is 0.0153. The van der Waals surface area contributed by atoms with Crippen LogP contribution in [-0.4, -0.2) is 40.9 Å². The maximum Gasteiger partial charge on any atom is 0.222 e. The zero-order valence-corrected chi connectivity index (χ0v) is 13.8. The van der Waals surface area contributed by atoms with Crippen LogP contribution < -0.4 is 5.32 Å². The Bertz CT molecular complexity index is 603. The summed E-state index contributed by atoms with van der Waals surface area (Å²) in [7, 11) is 0. The molecule has 2 aromatic heterocycles. The number of carbonyl (C=O) groups is 2. The van der Waals surface area contributed by atoms with Gasteiger partial charge in [-0.3, -0.25) is 9.59 Å². The molecular formula is C17H21N3O2S. The third-order valence-electron chi connectivity index (χ3n) is 4.17. The van der Waals surface area contributed by atoms with Crippen LogP contribution in [0.4, 0.5) is 0 Å². The van der Waals surface area contributed by atoms with E-state index in [0.717, 1.165) is 18.5 Å². The van der Waals surface area contributed by atoms with Crippen molar-refractivity contribution < 1.29 is 9.59 Å². The molecule has 1 aliphatic rings. The molecule has 3 heterocycles. The van der Waals surface area contributed by atoms with Gasteiger partial charge in [-0.25, -0.2) is 0 Å². The highest BCUT2D eigenvalue weighted by molar-refractivity contribution is 7.08. The second-order valence-electron chi connectivity index (χ2n) is 5.74. The van der Waals surface area contributed by atoms with Gasteiger partial charge >= 0.3 is 0 Å². The first kappa shape index (κ1) is 15.8. The predicted molar refractivity (Wildman–Crippen MR) is 90.3 cm³/mol. The lowest BCUT2D eigenvalue weighted by Gasteiger charge is -2.19. The Labute approximate surface area is 139 Å². The maximum absolute atomic E-state index is 12.3. The van der Waals surface area contributed by atoms with E-state index >= 15 is 0 Å². The molecule has 122 valence electrons. The Morgan fingerprint density at radius 3 is 2.83 bits per heavy atom. The number of nitrogens with one attached hydrogen (secondary N) is 1.